The van der Waals surface area contributed by atoms with E-state index in [-0.39, 0.29) is 12.1 Å². The first kappa shape index (κ1) is 24.6. The Labute approximate surface area is 206 Å². The molecule has 0 spiro atoms. The number of nitrogens with one attached hydrogen (secondary N) is 2. The molecule has 36 heavy (non-hydrogen) atoms. The van der Waals surface area contributed by atoms with Crippen molar-refractivity contribution in [2.75, 3.05) is 19.0 Å². The third kappa shape index (κ3) is 5.24. The molecule has 11 heteroatoms. The number of carbonyl (C=O) groups excluding carboxylic acids is 1. The van der Waals surface area contributed by atoms with Crippen LogP contribution >= 0.6 is 0 Å². The lowest BCUT2D eigenvalue weighted by Crippen LogP contribution is -2.42. The molecule has 0 aliphatic rings. The van der Waals surface area contributed by atoms with Crippen LogP contribution in [-0.4, -0.2) is 56.0 Å². The Morgan fingerprint density at radius 3 is 2.78 bits per heavy atom. The Kier molecular flexibility index (Phi) is 6.80. The molecule has 4 aromatic rings. The fourth-order valence-corrected chi connectivity index (χ4v) is 3.42. The highest BCUT2D eigenvalue weighted by molar-refractivity contribution is 6.00. The number of carbonyl (C=O) groups is 1. The Morgan fingerprint density at radius 1 is 1.25 bits per heavy atom. The van der Waals surface area contributed by atoms with Gasteiger partial charge in [-0.3, -0.25) is 9.78 Å². The number of alkyl halides is 1. The van der Waals surface area contributed by atoms with Gasteiger partial charge in [0.1, 0.15) is 12.2 Å². The summed E-state index contributed by atoms with van der Waals surface area (Å²) in [6, 6.07) is 12.4. The summed E-state index contributed by atoms with van der Waals surface area (Å²) in [6.45, 7) is 2.29. The molecule has 1 amide bonds. The van der Waals surface area contributed by atoms with Crippen molar-refractivity contribution in [2.45, 2.75) is 25.6 Å². The van der Waals surface area contributed by atoms with Crippen molar-refractivity contribution < 1.29 is 19.0 Å². The van der Waals surface area contributed by atoms with Crippen LogP contribution in [0.1, 0.15) is 29.8 Å². The van der Waals surface area contributed by atoms with Crippen LogP contribution in [0.25, 0.3) is 16.9 Å². The van der Waals surface area contributed by atoms with Crippen LogP contribution in [0.3, 0.4) is 0 Å². The molecule has 10 nitrogen and oxygen atoms in total. The molecular formula is C25H24FN7O3. The number of aromatic nitrogens is 4. The smallest absolute Gasteiger partial charge is 0.255 e. The van der Waals surface area contributed by atoms with Crippen molar-refractivity contribution in [1.29, 1.82) is 5.26 Å². The van der Waals surface area contributed by atoms with Crippen LogP contribution in [0.5, 0.6) is 5.88 Å². The molecule has 4 rings (SSSR count). The molecule has 0 fully saturated rings. The minimum absolute atomic E-state index is 0.165. The van der Waals surface area contributed by atoms with Gasteiger partial charge in [0.15, 0.2) is 0 Å². The van der Waals surface area contributed by atoms with Gasteiger partial charge >= 0.3 is 0 Å². The number of rotatable bonds is 8. The van der Waals surface area contributed by atoms with Crippen molar-refractivity contribution in [3.63, 3.8) is 0 Å². The van der Waals surface area contributed by atoms with Crippen LogP contribution in [-0.2, 0) is 0 Å². The lowest BCUT2D eigenvalue weighted by Gasteiger charge is -2.22. The number of methoxy groups -OCH3 is 1. The van der Waals surface area contributed by atoms with Crippen molar-refractivity contribution in [1.82, 2.24) is 24.9 Å². The highest BCUT2D eigenvalue weighted by Gasteiger charge is 2.27. The second kappa shape index (κ2) is 9.97. The molecule has 1 atom stereocenters. The van der Waals surface area contributed by atoms with Gasteiger partial charge in [-0.1, -0.05) is 0 Å². The highest BCUT2D eigenvalue weighted by atomic mass is 19.1. The number of halogens is 1. The number of anilines is 2. The van der Waals surface area contributed by atoms with Crippen LogP contribution < -0.4 is 15.4 Å². The van der Waals surface area contributed by atoms with E-state index in [1.54, 1.807) is 35.0 Å². The molecule has 0 aliphatic carbocycles. The minimum atomic E-state index is -1.66. The van der Waals surface area contributed by atoms with Gasteiger partial charge in [-0.15, -0.1) is 0 Å². The van der Waals surface area contributed by atoms with E-state index in [0.717, 1.165) is 0 Å². The highest BCUT2D eigenvalue weighted by Crippen LogP contribution is 2.28. The molecule has 0 aromatic carbocycles. The summed E-state index contributed by atoms with van der Waals surface area (Å²) in [5, 5.41) is 29.0. The normalized spacial score (nSPS) is 12.1. The third-order valence-electron chi connectivity index (χ3n) is 5.47. The molecule has 3 N–H and O–H groups in total. The van der Waals surface area contributed by atoms with E-state index in [0.29, 0.717) is 39.7 Å². The number of ether oxygens (including phenoxy) is 1. The topological polar surface area (TPSA) is 137 Å². The van der Waals surface area contributed by atoms with Gasteiger partial charge in [0, 0.05) is 24.1 Å². The summed E-state index contributed by atoms with van der Waals surface area (Å²) in [5.41, 5.74) is 1.85. The zero-order valence-corrected chi connectivity index (χ0v) is 19.9. The van der Waals surface area contributed by atoms with E-state index in [9.17, 15) is 14.3 Å². The summed E-state index contributed by atoms with van der Waals surface area (Å²) in [7, 11) is 1.49. The number of aliphatic hydroxyl groups is 1. The number of nitriles is 1. The number of hydrogen-bond donors (Lipinski definition) is 3. The average Bonchev–Trinajstić information content (AvgIpc) is 3.29. The van der Waals surface area contributed by atoms with Gasteiger partial charge in [-0.2, -0.15) is 10.4 Å². The lowest BCUT2D eigenvalue weighted by atomic mass is 10.0. The van der Waals surface area contributed by atoms with Gasteiger partial charge in [0.2, 0.25) is 5.88 Å². The maximum Gasteiger partial charge on any atom is 0.255 e. The third-order valence-corrected chi connectivity index (χ3v) is 5.47. The average molecular weight is 490 g/mol. The number of nitrogens with zero attached hydrogens (tertiary/aromatic N) is 5. The van der Waals surface area contributed by atoms with Crippen molar-refractivity contribution in [3.8, 4) is 23.3 Å². The van der Waals surface area contributed by atoms with Crippen molar-refractivity contribution in [3.05, 3.63) is 66.1 Å². The lowest BCUT2D eigenvalue weighted by molar-refractivity contribution is -0.00177. The van der Waals surface area contributed by atoms with Crippen LogP contribution in [0.2, 0.25) is 0 Å². The molecule has 184 valence electrons. The number of fused-ring (bicyclic) bond motifs is 1. The zero-order valence-electron chi connectivity index (χ0n) is 19.9. The standard InChI is InChI=1S/C25H24FN7O3/c1-25(2,35)22(26)14-30-24(34)18-13-29-20(10-19(18)32-16-6-7-28-23(9-16)36-3)21-5-4-17-8-15(11-27)12-31-33(17)21/h4-10,12-13,22,35H,14H2,1-3H3,(H,30,34)(H,28,29,32)/t22-/m1/s1. The van der Waals surface area contributed by atoms with Crippen LogP contribution in [0.15, 0.2) is 55.0 Å². The predicted octanol–water partition coefficient (Wildman–Crippen LogP) is 3.25. The first-order chi connectivity index (χ1) is 17.2. The van der Waals surface area contributed by atoms with Crippen LogP contribution in [0.4, 0.5) is 15.8 Å². The summed E-state index contributed by atoms with van der Waals surface area (Å²) >= 11 is 0. The second-order valence-electron chi connectivity index (χ2n) is 8.57. The minimum Gasteiger partial charge on any atom is -0.481 e. The summed E-state index contributed by atoms with van der Waals surface area (Å²) in [6.07, 6.45) is 2.73. The summed E-state index contributed by atoms with van der Waals surface area (Å²) in [5.74, 6) is -0.193. The Hall–Kier alpha value is -4.56. The first-order valence-electron chi connectivity index (χ1n) is 11.0. The molecule has 0 bridgehead atoms. The largest absolute Gasteiger partial charge is 0.481 e. The second-order valence-corrected chi connectivity index (χ2v) is 8.57. The Morgan fingerprint density at radius 2 is 2.06 bits per heavy atom. The SMILES string of the molecule is COc1cc(Nc2cc(-c3ccc4cc(C#N)cnn34)ncc2C(=O)NC[C@@H](F)C(C)(C)O)ccn1. The molecular weight excluding hydrogens is 465 g/mol. The fraction of sp³-hybridized carbons (Fsp3) is 0.240. The monoisotopic (exact) mass is 489 g/mol. The molecule has 4 aromatic heterocycles. The fourth-order valence-electron chi connectivity index (χ4n) is 3.42. The maximum atomic E-state index is 14.2. The van der Waals surface area contributed by atoms with Crippen LogP contribution in [0, 0.1) is 11.3 Å². The van der Waals surface area contributed by atoms with E-state index in [1.165, 1.54) is 33.4 Å². The van der Waals surface area contributed by atoms with E-state index in [2.05, 4.69) is 31.8 Å². The van der Waals surface area contributed by atoms with E-state index < -0.39 is 17.7 Å². The van der Waals surface area contributed by atoms with Gasteiger partial charge in [0.05, 0.1) is 59.2 Å². The molecule has 0 saturated heterocycles. The van der Waals surface area contributed by atoms with Gasteiger partial charge in [-0.05, 0) is 44.2 Å². The molecule has 0 radical (unpaired) electrons. The summed E-state index contributed by atoms with van der Waals surface area (Å²) < 4.78 is 21.0. The Bertz CT molecular complexity index is 1460. The molecule has 4 heterocycles. The van der Waals surface area contributed by atoms with E-state index in [4.69, 9.17) is 10.00 Å². The number of hydrogen-bond acceptors (Lipinski definition) is 8. The maximum absolute atomic E-state index is 14.2. The number of amides is 1. The molecule has 0 aliphatic heterocycles. The number of pyridine rings is 2. The Balaban J connectivity index is 1.72. The quantitative estimate of drug-likeness (QED) is 0.343. The van der Waals surface area contributed by atoms with Crippen molar-refractivity contribution >= 4 is 22.8 Å². The predicted molar refractivity (Wildman–Crippen MR) is 131 cm³/mol. The van der Waals surface area contributed by atoms with Gasteiger partial charge in [0.25, 0.3) is 5.91 Å². The zero-order chi connectivity index (χ0) is 25.9. The van der Waals surface area contributed by atoms with Crippen molar-refractivity contribution in [2.24, 2.45) is 0 Å². The first-order valence-corrected chi connectivity index (χ1v) is 11.0. The summed E-state index contributed by atoms with van der Waals surface area (Å²) in [4.78, 5) is 21.5. The molecule has 0 unspecified atom stereocenters. The molecule has 0 saturated carbocycles. The van der Waals surface area contributed by atoms with Gasteiger partial charge < -0.3 is 20.5 Å². The van der Waals surface area contributed by atoms with E-state index >= 15 is 0 Å². The van der Waals surface area contributed by atoms with E-state index in [1.807, 2.05) is 12.1 Å². The van der Waals surface area contributed by atoms with Gasteiger partial charge in [-0.25, -0.2) is 13.9 Å².